The normalized spacial score (nSPS) is 12.6. The quantitative estimate of drug-likeness (QED) is 0.850. The Hall–Kier alpha value is -2.14. The van der Waals surface area contributed by atoms with E-state index in [1.165, 1.54) is 5.56 Å². The molecule has 1 unspecified atom stereocenters. The molecule has 0 aliphatic rings. The van der Waals surface area contributed by atoms with Crippen LogP contribution >= 0.6 is 0 Å². The molecule has 1 N–H and O–H groups in total. The smallest absolute Gasteiger partial charge is 0.243 e. The topological polar surface area (TPSA) is 50.2 Å². The predicted molar refractivity (Wildman–Crippen MR) is 96.7 cm³/mol. The van der Waals surface area contributed by atoms with Crippen LogP contribution in [-0.2, 0) is 17.9 Å². The van der Waals surface area contributed by atoms with Gasteiger partial charge in [0.15, 0.2) is 0 Å². The summed E-state index contributed by atoms with van der Waals surface area (Å²) < 4.78 is 1.94. The van der Waals surface area contributed by atoms with Gasteiger partial charge in [-0.2, -0.15) is 0 Å². The molecule has 0 aliphatic heterocycles. The van der Waals surface area contributed by atoms with E-state index in [9.17, 15) is 4.79 Å². The molecule has 2 aromatic rings. The highest BCUT2D eigenvalue weighted by atomic mass is 16.2. The van der Waals surface area contributed by atoms with Gasteiger partial charge in [0.25, 0.3) is 0 Å². The maximum Gasteiger partial charge on any atom is 0.243 e. The lowest BCUT2D eigenvalue weighted by molar-refractivity contribution is -0.124. The number of amides is 1. The van der Waals surface area contributed by atoms with Crippen molar-refractivity contribution >= 4 is 5.91 Å². The number of carbonyl (C=O) groups is 1. The number of rotatable bonds is 7. The first-order valence-corrected chi connectivity index (χ1v) is 8.41. The number of hydrogen-bond acceptors (Lipinski definition) is 3. The van der Waals surface area contributed by atoms with Crippen molar-refractivity contribution in [2.75, 3.05) is 14.1 Å². The molecule has 0 aliphatic carbocycles. The van der Waals surface area contributed by atoms with E-state index in [1.807, 2.05) is 17.7 Å². The Balaban J connectivity index is 1.93. The molecule has 0 saturated carbocycles. The number of nitrogens with zero attached hydrogens (tertiary/aromatic N) is 3. The van der Waals surface area contributed by atoms with Gasteiger partial charge in [-0.05, 0) is 32.1 Å². The largest absolute Gasteiger partial charge is 0.350 e. The number of imidazole rings is 1. The minimum Gasteiger partial charge on any atom is -0.350 e. The maximum atomic E-state index is 12.4. The second-order valence-corrected chi connectivity index (χ2v) is 6.80. The van der Waals surface area contributed by atoms with E-state index >= 15 is 0 Å². The second kappa shape index (κ2) is 8.11. The lowest BCUT2D eigenvalue weighted by Gasteiger charge is -2.18. The van der Waals surface area contributed by atoms with Crippen LogP contribution < -0.4 is 5.32 Å². The van der Waals surface area contributed by atoms with Crippen molar-refractivity contribution in [1.82, 2.24) is 19.8 Å². The van der Waals surface area contributed by atoms with Crippen molar-refractivity contribution in [3.63, 3.8) is 0 Å². The number of benzene rings is 1. The predicted octanol–water partition coefficient (Wildman–Crippen LogP) is 2.95. The van der Waals surface area contributed by atoms with Crippen LogP contribution in [0.2, 0.25) is 0 Å². The summed E-state index contributed by atoms with van der Waals surface area (Å²) in [6.07, 6.45) is 3.62. The first-order valence-electron chi connectivity index (χ1n) is 8.41. The van der Waals surface area contributed by atoms with Crippen molar-refractivity contribution < 1.29 is 4.79 Å². The summed E-state index contributed by atoms with van der Waals surface area (Å²) in [5, 5.41) is 3.02. The van der Waals surface area contributed by atoms with Gasteiger partial charge in [0, 0.05) is 31.4 Å². The summed E-state index contributed by atoms with van der Waals surface area (Å²) in [4.78, 5) is 18.9. The molecular weight excluding hydrogens is 300 g/mol. The standard InChI is InChI=1S/C19H28N4O/c1-14(2)18-20-10-11-23(18)15(3)19(24)21-12-16-6-8-17(9-7-16)13-22(4)5/h6-11,14-15H,12-13H2,1-5H3,(H,21,24). The molecule has 1 amide bonds. The van der Waals surface area contributed by atoms with Gasteiger partial charge in [0.05, 0.1) is 0 Å². The van der Waals surface area contributed by atoms with Crippen LogP contribution in [0, 0.1) is 0 Å². The van der Waals surface area contributed by atoms with E-state index in [-0.39, 0.29) is 11.9 Å². The molecule has 2 rings (SSSR count). The van der Waals surface area contributed by atoms with E-state index in [4.69, 9.17) is 0 Å². The molecule has 24 heavy (non-hydrogen) atoms. The van der Waals surface area contributed by atoms with E-state index in [0.29, 0.717) is 12.5 Å². The fourth-order valence-corrected chi connectivity index (χ4v) is 2.69. The van der Waals surface area contributed by atoms with Crippen LogP contribution in [0.15, 0.2) is 36.7 Å². The number of hydrogen-bond donors (Lipinski definition) is 1. The summed E-state index contributed by atoms with van der Waals surface area (Å²) >= 11 is 0. The van der Waals surface area contributed by atoms with Crippen LogP contribution in [0.4, 0.5) is 0 Å². The number of carbonyl (C=O) groups excluding carboxylic acids is 1. The first-order chi connectivity index (χ1) is 11.4. The number of aromatic nitrogens is 2. The summed E-state index contributed by atoms with van der Waals surface area (Å²) in [7, 11) is 4.11. The monoisotopic (exact) mass is 328 g/mol. The molecular formula is C19H28N4O. The fourth-order valence-electron chi connectivity index (χ4n) is 2.69. The summed E-state index contributed by atoms with van der Waals surface area (Å²) in [5.74, 6) is 1.23. The van der Waals surface area contributed by atoms with Crippen molar-refractivity contribution in [3.05, 3.63) is 53.6 Å². The van der Waals surface area contributed by atoms with Crippen LogP contribution in [0.1, 0.15) is 49.7 Å². The summed E-state index contributed by atoms with van der Waals surface area (Å²) in [5.41, 5.74) is 2.37. The molecule has 0 fully saturated rings. The Bertz CT molecular complexity index is 658. The van der Waals surface area contributed by atoms with Gasteiger partial charge >= 0.3 is 0 Å². The highest BCUT2D eigenvalue weighted by Gasteiger charge is 2.18. The van der Waals surface area contributed by atoms with E-state index in [1.54, 1.807) is 6.20 Å². The SMILES string of the molecule is CC(C)c1nccn1C(C)C(=O)NCc1ccc(CN(C)C)cc1. The van der Waals surface area contributed by atoms with E-state index in [2.05, 4.69) is 67.4 Å². The van der Waals surface area contributed by atoms with Crippen LogP contribution in [0.25, 0.3) is 0 Å². The van der Waals surface area contributed by atoms with Gasteiger partial charge in [-0.3, -0.25) is 4.79 Å². The molecule has 0 spiro atoms. The average molecular weight is 328 g/mol. The van der Waals surface area contributed by atoms with Gasteiger partial charge < -0.3 is 14.8 Å². The van der Waals surface area contributed by atoms with Gasteiger partial charge in [-0.1, -0.05) is 38.1 Å². The zero-order valence-corrected chi connectivity index (χ0v) is 15.3. The minimum atomic E-state index is -0.266. The first kappa shape index (κ1) is 18.2. The average Bonchev–Trinajstić information content (AvgIpc) is 3.02. The highest BCUT2D eigenvalue weighted by Crippen LogP contribution is 2.17. The molecule has 0 saturated heterocycles. The lowest BCUT2D eigenvalue weighted by atomic mass is 10.1. The third-order valence-corrected chi connectivity index (χ3v) is 4.00. The number of nitrogens with one attached hydrogen (secondary N) is 1. The van der Waals surface area contributed by atoms with Gasteiger partial charge in [0.2, 0.25) is 5.91 Å². The second-order valence-electron chi connectivity index (χ2n) is 6.80. The molecule has 1 aromatic carbocycles. The van der Waals surface area contributed by atoms with Gasteiger partial charge in [0.1, 0.15) is 11.9 Å². The third-order valence-electron chi connectivity index (χ3n) is 4.00. The van der Waals surface area contributed by atoms with Gasteiger partial charge in [-0.15, -0.1) is 0 Å². The molecule has 130 valence electrons. The molecule has 0 radical (unpaired) electrons. The lowest BCUT2D eigenvalue weighted by Crippen LogP contribution is -2.31. The van der Waals surface area contributed by atoms with Crippen molar-refractivity contribution in [2.45, 2.75) is 45.8 Å². The maximum absolute atomic E-state index is 12.4. The van der Waals surface area contributed by atoms with Crippen LogP contribution in [-0.4, -0.2) is 34.5 Å². The van der Waals surface area contributed by atoms with Crippen molar-refractivity contribution in [1.29, 1.82) is 0 Å². The molecule has 1 atom stereocenters. The molecule has 0 bridgehead atoms. The van der Waals surface area contributed by atoms with Crippen molar-refractivity contribution in [2.24, 2.45) is 0 Å². The Kier molecular flexibility index (Phi) is 6.15. The molecule has 5 heteroatoms. The van der Waals surface area contributed by atoms with Crippen molar-refractivity contribution in [3.8, 4) is 0 Å². The van der Waals surface area contributed by atoms with Gasteiger partial charge in [-0.25, -0.2) is 4.98 Å². The molecule has 1 aromatic heterocycles. The minimum absolute atomic E-state index is 0.00673. The summed E-state index contributed by atoms with van der Waals surface area (Å²) in [6.45, 7) is 7.53. The van der Waals surface area contributed by atoms with E-state index < -0.39 is 0 Å². The molecule has 1 heterocycles. The Labute approximate surface area is 144 Å². The fraction of sp³-hybridized carbons (Fsp3) is 0.474. The van der Waals surface area contributed by atoms with Crippen LogP contribution in [0.3, 0.4) is 0 Å². The zero-order chi connectivity index (χ0) is 17.7. The van der Waals surface area contributed by atoms with Crippen LogP contribution in [0.5, 0.6) is 0 Å². The molecule has 5 nitrogen and oxygen atoms in total. The Morgan fingerprint density at radius 2 is 1.79 bits per heavy atom. The Morgan fingerprint density at radius 3 is 2.38 bits per heavy atom. The summed E-state index contributed by atoms with van der Waals surface area (Å²) in [6, 6.07) is 8.09. The third kappa shape index (κ3) is 4.68. The van der Waals surface area contributed by atoms with E-state index in [0.717, 1.165) is 17.9 Å². The highest BCUT2D eigenvalue weighted by molar-refractivity contribution is 5.79. The zero-order valence-electron chi connectivity index (χ0n) is 15.3. The Morgan fingerprint density at radius 1 is 1.17 bits per heavy atom.